The van der Waals surface area contributed by atoms with Crippen molar-refractivity contribution in [1.29, 1.82) is 0 Å². The zero-order valence-electron chi connectivity index (χ0n) is 16.0. The standard InChI is InChI=1S/C22H25N3O3/c1-2-28-22(27)16-7-9-18(10-8-16)23-14-12-21(26)24-13-11-17-15-25-20-6-4-3-5-19(17)20/h3-10,15,23,25H,2,11-14H2,1H3,(H,24,26). The van der Waals surface area contributed by atoms with Crippen LogP contribution in [0.4, 0.5) is 5.69 Å². The minimum atomic E-state index is -0.330. The van der Waals surface area contributed by atoms with Crippen molar-refractivity contribution >= 4 is 28.5 Å². The number of aromatic amines is 1. The predicted octanol–water partition coefficient (Wildman–Crippen LogP) is 3.51. The Labute approximate surface area is 164 Å². The number of para-hydroxylation sites is 1. The molecule has 0 saturated heterocycles. The first-order valence-electron chi connectivity index (χ1n) is 9.50. The molecule has 0 spiro atoms. The first kappa shape index (κ1) is 19.5. The molecule has 0 aliphatic heterocycles. The van der Waals surface area contributed by atoms with Crippen LogP contribution in [-0.2, 0) is 16.0 Å². The van der Waals surface area contributed by atoms with E-state index < -0.39 is 0 Å². The van der Waals surface area contributed by atoms with Crippen molar-refractivity contribution < 1.29 is 14.3 Å². The van der Waals surface area contributed by atoms with E-state index in [4.69, 9.17) is 4.74 Å². The second-order valence-corrected chi connectivity index (χ2v) is 6.43. The predicted molar refractivity (Wildman–Crippen MR) is 111 cm³/mol. The van der Waals surface area contributed by atoms with Gasteiger partial charge >= 0.3 is 5.97 Å². The van der Waals surface area contributed by atoms with Crippen LogP contribution in [0.5, 0.6) is 0 Å². The third kappa shape index (κ3) is 5.13. The molecule has 6 heteroatoms. The molecule has 3 aromatic rings. The number of fused-ring (bicyclic) bond motifs is 1. The Balaban J connectivity index is 1.37. The zero-order valence-corrected chi connectivity index (χ0v) is 16.0. The summed E-state index contributed by atoms with van der Waals surface area (Å²) in [4.78, 5) is 26.9. The van der Waals surface area contributed by atoms with E-state index in [2.05, 4.69) is 21.7 Å². The summed E-state index contributed by atoms with van der Waals surface area (Å²) < 4.78 is 4.95. The van der Waals surface area contributed by atoms with Crippen LogP contribution in [0.3, 0.4) is 0 Å². The first-order chi connectivity index (χ1) is 13.7. The lowest BCUT2D eigenvalue weighted by molar-refractivity contribution is -0.120. The van der Waals surface area contributed by atoms with Gasteiger partial charge in [-0.3, -0.25) is 4.79 Å². The SMILES string of the molecule is CCOC(=O)c1ccc(NCCC(=O)NCCc2c[nH]c3ccccc23)cc1. The molecule has 0 aliphatic rings. The number of aromatic nitrogens is 1. The smallest absolute Gasteiger partial charge is 0.338 e. The molecule has 0 aliphatic carbocycles. The number of hydrogen-bond donors (Lipinski definition) is 3. The minimum absolute atomic E-state index is 0.00971. The molecule has 1 heterocycles. The third-order valence-electron chi connectivity index (χ3n) is 4.47. The van der Waals surface area contributed by atoms with Crippen molar-refractivity contribution in [1.82, 2.24) is 10.3 Å². The molecular weight excluding hydrogens is 354 g/mol. The monoisotopic (exact) mass is 379 g/mol. The quantitative estimate of drug-likeness (QED) is 0.497. The number of nitrogens with one attached hydrogen (secondary N) is 3. The molecule has 0 bridgehead atoms. The van der Waals surface area contributed by atoms with Crippen LogP contribution >= 0.6 is 0 Å². The number of anilines is 1. The molecule has 6 nitrogen and oxygen atoms in total. The Morgan fingerprint density at radius 2 is 1.82 bits per heavy atom. The third-order valence-corrected chi connectivity index (χ3v) is 4.47. The Bertz CT molecular complexity index is 932. The Morgan fingerprint density at radius 3 is 2.61 bits per heavy atom. The van der Waals surface area contributed by atoms with Gasteiger partial charge in [-0.2, -0.15) is 0 Å². The lowest BCUT2D eigenvalue weighted by atomic mass is 10.1. The average Bonchev–Trinajstić information content (AvgIpc) is 3.12. The summed E-state index contributed by atoms with van der Waals surface area (Å²) in [7, 11) is 0. The van der Waals surface area contributed by atoms with Crippen LogP contribution in [-0.4, -0.2) is 36.6 Å². The summed E-state index contributed by atoms with van der Waals surface area (Å²) in [5.41, 5.74) is 3.69. The van der Waals surface area contributed by atoms with Crippen LogP contribution in [0.1, 0.15) is 29.3 Å². The highest BCUT2D eigenvalue weighted by Gasteiger charge is 2.07. The number of carbonyl (C=O) groups excluding carboxylic acids is 2. The van der Waals surface area contributed by atoms with Gasteiger partial charge in [-0.1, -0.05) is 18.2 Å². The van der Waals surface area contributed by atoms with Crippen LogP contribution < -0.4 is 10.6 Å². The number of esters is 1. The molecule has 0 saturated carbocycles. The van der Waals surface area contributed by atoms with Crippen molar-refractivity contribution in [2.45, 2.75) is 19.8 Å². The van der Waals surface area contributed by atoms with Crippen LogP contribution in [0.2, 0.25) is 0 Å². The van der Waals surface area contributed by atoms with E-state index in [1.807, 2.05) is 24.4 Å². The molecule has 0 radical (unpaired) electrons. The molecule has 1 amide bonds. The fourth-order valence-electron chi connectivity index (χ4n) is 3.02. The van der Waals surface area contributed by atoms with Gasteiger partial charge in [0.25, 0.3) is 0 Å². The Morgan fingerprint density at radius 1 is 1.04 bits per heavy atom. The molecule has 2 aromatic carbocycles. The molecule has 3 N–H and O–H groups in total. The van der Waals surface area contributed by atoms with Crippen LogP contribution in [0.25, 0.3) is 10.9 Å². The highest BCUT2D eigenvalue weighted by Crippen LogP contribution is 2.17. The van der Waals surface area contributed by atoms with Gasteiger partial charge < -0.3 is 20.4 Å². The molecule has 28 heavy (non-hydrogen) atoms. The maximum Gasteiger partial charge on any atom is 0.338 e. The minimum Gasteiger partial charge on any atom is -0.462 e. The van der Waals surface area contributed by atoms with Gasteiger partial charge in [0.2, 0.25) is 5.91 Å². The summed E-state index contributed by atoms with van der Waals surface area (Å²) >= 11 is 0. The van der Waals surface area contributed by atoms with Gasteiger partial charge in [0.1, 0.15) is 0 Å². The van der Waals surface area contributed by atoms with Crippen molar-refractivity contribution in [3.8, 4) is 0 Å². The van der Waals surface area contributed by atoms with Gasteiger partial charge in [0.05, 0.1) is 12.2 Å². The van der Waals surface area contributed by atoms with E-state index in [1.54, 1.807) is 31.2 Å². The second kappa shape index (κ2) is 9.60. The van der Waals surface area contributed by atoms with Gasteiger partial charge in [-0.25, -0.2) is 4.79 Å². The number of amides is 1. The van der Waals surface area contributed by atoms with E-state index in [9.17, 15) is 9.59 Å². The van der Waals surface area contributed by atoms with Crippen LogP contribution in [0.15, 0.2) is 54.7 Å². The van der Waals surface area contributed by atoms with Gasteiger partial charge in [0.15, 0.2) is 0 Å². The number of ether oxygens (including phenoxy) is 1. The maximum absolute atomic E-state index is 12.0. The average molecular weight is 379 g/mol. The molecule has 1 aromatic heterocycles. The summed E-state index contributed by atoms with van der Waals surface area (Å²) in [5, 5.41) is 7.34. The van der Waals surface area contributed by atoms with E-state index >= 15 is 0 Å². The summed E-state index contributed by atoms with van der Waals surface area (Å²) in [6, 6.07) is 15.2. The van der Waals surface area contributed by atoms with Crippen molar-refractivity contribution in [3.05, 3.63) is 65.9 Å². The lowest BCUT2D eigenvalue weighted by Gasteiger charge is -2.08. The van der Waals surface area contributed by atoms with E-state index in [1.165, 1.54) is 10.9 Å². The lowest BCUT2D eigenvalue weighted by Crippen LogP contribution is -2.27. The first-order valence-corrected chi connectivity index (χ1v) is 9.50. The van der Waals surface area contributed by atoms with Crippen molar-refractivity contribution in [2.24, 2.45) is 0 Å². The number of rotatable bonds is 9. The Kier molecular flexibility index (Phi) is 6.68. The second-order valence-electron chi connectivity index (χ2n) is 6.43. The van der Waals surface area contributed by atoms with Crippen molar-refractivity contribution in [2.75, 3.05) is 25.0 Å². The number of carbonyl (C=O) groups is 2. The molecule has 0 atom stereocenters. The van der Waals surface area contributed by atoms with Crippen LogP contribution in [0, 0.1) is 0 Å². The summed E-state index contributed by atoms with van der Waals surface area (Å²) in [5.74, 6) is -0.320. The zero-order chi connectivity index (χ0) is 19.8. The van der Waals surface area contributed by atoms with Crippen molar-refractivity contribution in [3.63, 3.8) is 0 Å². The molecule has 3 rings (SSSR count). The van der Waals surface area contributed by atoms with E-state index in [0.717, 1.165) is 17.6 Å². The normalized spacial score (nSPS) is 10.6. The molecule has 146 valence electrons. The van der Waals surface area contributed by atoms with E-state index in [0.29, 0.717) is 31.7 Å². The maximum atomic E-state index is 12.0. The topological polar surface area (TPSA) is 83.2 Å². The fourth-order valence-corrected chi connectivity index (χ4v) is 3.02. The molecule has 0 fully saturated rings. The molecular formula is C22H25N3O3. The summed E-state index contributed by atoms with van der Waals surface area (Å²) in [6.45, 7) is 3.26. The largest absolute Gasteiger partial charge is 0.462 e. The summed E-state index contributed by atoms with van der Waals surface area (Å²) in [6.07, 6.45) is 3.17. The van der Waals surface area contributed by atoms with Gasteiger partial charge in [-0.15, -0.1) is 0 Å². The van der Waals surface area contributed by atoms with Gasteiger partial charge in [0, 0.05) is 42.3 Å². The van der Waals surface area contributed by atoms with Gasteiger partial charge in [-0.05, 0) is 49.2 Å². The Hall–Kier alpha value is -3.28. The highest BCUT2D eigenvalue weighted by atomic mass is 16.5. The fraction of sp³-hybridized carbons (Fsp3) is 0.273. The number of hydrogen-bond acceptors (Lipinski definition) is 4. The number of benzene rings is 2. The number of H-pyrrole nitrogens is 1. The molecule has 0 unspecified atom stereocenters. The van der Waals surface area contributed by atoms with E-state index in [-0.39, 0.29) is 11.9 Å². The highest BCUT2D eigenvalue weighted by molar-refractivity contribution is 5.89.